The molecule has 0 saturated carbocycles. The zero-order valence-corrected chi connectivity index (χ0v) is 7.60. The first-order valence-corrected chi connectivity index (χ1v) is 3.16. The number of rotatable bonds is 3. The van der Waals surface area contributed by atoms with E-state index in [1.165, 1.54) is 6.33 Å². The van der Waals surface area contributed by atoms with E-state index < -0.39 is 12.0 Å². The van der Waals surface area contributed by atoms with Crippen LogP contribution in [0.4, 0.5) is 0 Å². The van der Waals surface area contributed by atoms with Crippen molar-refractivity contribution in [2.75, 3.05) is 0 Å². The summed E-state index contributed by atoms with van der Waals surface area (Å²) in [4.78, 5) is 16.8. The second-order valence-corrected chi connectivity index (χ2v) is 2.23. The molecule has 0 aliphatic rings. The molecule has 71 valence electrons. The first kappa shape index (κ1) is 11.4. The molecule has 1 aromatic rings. The monoisotopic (exact) mass is 262 g/mol. The molecule has 1 heterocycles. The van der Waals surface area contributed by atoms with Crippen LogP contribution < -0.4 is 5.73 Å². The summed E-state index contributed by atoms with van der Waals surface area (Å²) in [6.07, 6.45) is 3.34. The van der Waals surface area contributed by atoms with Crippen LogP contribution >= 0.6 is 0 Å². The van der Waals surface area contributed by atoms with E-state index in [1.807, 2.05) is 0 Å². The minimum atomic E-state index is -1.00. The van der Waals surface area contributed by atoms with Crippen LogP contribution in [0.25, 0.3) is 0 Å². The van der Waals surface area contributed by atoms with Crippen LogP contribution in [0, 0.1) is 0 Å². The molecule has 0 aliphatic carbocycles. The maximum atomic E-state index is 10.3. The number of carbonyl (C=O) groups is 1. The smallest absolute Gasteiger partial charge is 0.320 e. The van der Waals surface area contributed by atoms with Gasteiger partial charge < -0.3 is 15.8 Å². The number of aliphatic carboxylic acids is 1. The molecular weight excluding hydrogens is 254 g/mol. The van der Waals surface area contributed by atoms with Crippen LogP contribution in [0.3, 0.4) is 0 Å². The Morgan fingerprint density at radius 1 is 1.83 bits per heavy atom. The molecule has 1 atom stereocenters. The molecule has 1 aromatic heterocycles. The summed E-state index contributed by atoms with van der Waals surface area (Å²) in [5, 5.41) is 8.42. The fourth-order valence-electron chi connectivity index (χ4n) is 0.721. The van der Waals surface area contributed by atoms with Gasteiger partial charge in [0.15, 0.2) is 0 Å². The van der Waals surface area contributed by atoms with Crippen molar-refractivity contribution in [2.45, 2.75) is 12.5 Å². The van der Waals surface area contributed by atoms with Crippen LogP contribution in [0.2, 0.25) is 0 Å². The standard InChI is InChI=1S/C6H9N3O2.Ag/c7-5(6(10)11)1-4-2-8-3-9-4;/h2-3,5H,1,7H2,(H,8,9)(H,10,11);. The van der Waals surface area contributed by atoms with Gasteiger partial charge in [0.25, 0.3) is 0 Å². The number of H-pyrrole nitrogens is 1. The van der Waals surface area contributed by atoms with Gasteiger partial charge >= 0.3 is 5.97 Å². The Labute approximate surface area is 84.9 Å². The van der Waals surface area contributed by atoms with Crippen LogP contribution in [-0.4, -0.2) is 27.1 Å². The molecular formula is C6H9AgN3O2. The number of nitrogens with zero attached hydrogens (tertiary/aromatic N) is 1. The Balaban J connectivity index is 0.00000121. The predicted octanol–water partition coefficient (Wildman–Crippen LogP) is -0.638. The average Bonchev–Trinajstić information content (AvgIpc) is 2.39. The topological polar surface area (TPSA) is 92.0 Å². The third-order valence-corrected chi connectivity index (χ3v) is 1.31. The van der Waals surface area contributed by atoms with Gasteiger partial charge in [-0.1, -0.05) is 0 Å². The number of hydrogen-bond donors (Lipinski definition) is 3. The number of carboxylic acid groups (broad SMARTS) is 1. The van der Waals surface area contributed by atoms with E-state index >= 15 is 0 Å². The van der Waals surface area contributed by atoms with E-state index in [-0.39, 0.29) is 28.8 Å². The number of nitrogens with two attached hydrogens (primary N) is 1. The molecule has 1 radical (unpaired) electrons. The van der Waals surface area contributed by atoms with Gasteiger partial charge in [0, 0.05) is 40.7 Å². The summed E-state index contributed by atoms with van der Waals surface area (Å²) >= 11 is 0. The van der Waals surface area contributed by atoms with Gasteiger partial charge in [-0.25, -0.2) is 4.98 Å². The fraction of sp³-hybridized carbons (Fsp3) is 0.333. The number of hydrogen-bond acceptors (Lipinski definition) is 3. The SMILES string of the molecule is NC(Cc1cnc[nH]1)C(=O)O.[Ag]. The van der Waals surface area contributed by atoms with Crippen molar-refractivity contribution < 1.29 is 32.3 Å². The molecule has 0 bridgehead atoms. The van der Waals surface area contributed by atoms with E-state index in [4.69, 9.17) is 10.8 Å². The van der Waals surface area contributed by atoms with Crippen LogP contribution in [0.1, 0.15) is 5.69 Å². The maximum Gasteiger partial charge on any atom is 0.320 e. The Hall–Kier alpha value is -0.620. The summed E-state index contributed by atoms with van der Waals surface area (Å²) < 4.78 is 0. The van der Waals surface area contributed by atoms with Crippen LogP contribution in [-0.2, 0) is 33.6 Å². The van der Waals surface area contributed by atoms with E-state index in [1.54, 1.807) is 6.20 Å². The van der Waals surface area contributed by atoms with Crippen molar-refractivity contribution in [3.63, 3.8) is 0 Å². The molecule has 4 N–H and O–H groups in total. The van der Waals surface area contributed by atoms with Crippen molar-refractivity contribution in [1.82, 2.24) is 9.97 Å². The van der Waals surface area contributed by atoms with Crippen LogP contribution in [0.5, 0.6) is 0 Å². The van der Waals surface area contributed by atoms with E-state index in [0.29, 0.717) is 0 Å². The second kappa shape index (κ2) is 5.10. The quantitative estimate of drug-likeness (QED) is 0.632. The fourth-order valence-corrected chi connectivity index (χ4v) is 0.721. The third-order valence-electron chi connectivity index (χ3n) is 1.31. The zero-order valence-electron chi connectivity index (χ0n) is 6.12. The number of aromatic nitrogens is 2. The first-order valence-electron chi connectivity index (χ1n) is 3.16. The molecule has 0 aromatic carbocycles. The Bertz CT molecular complexity index is 237. The third kappa shape index (κ3) is 3.19. The summed E-state index contributed by atoms with van der Waals surface area (Å²) in [6.45, 7) is 0. The molecule has 0 aliphatic heterocycles. The van der Waals surface area contributed by atoms with E-state index in [0.717, 1.165) is 5.69 Å². The van der Waals surface area contributed by atoms with Crippen molar-refractivity contribution in [3.8, 4) is 0 Å². The molecule has 5 nitrogen and oxygen atoms in total. The molecule has 0 spiro atoms. The zero-order chi connectivity index (χ0) is 8.27. The van der Waals surface area contributed by atoms with Gasteiger partial charge in [-0.05, 0) is 0 Å². The summed E-state index contributed by atoms with van der Waals surface area (Å²) in [7, 11) is 0. The molecule has 0 amide bonds. The number of imidazole rings is 1. The van der Waals surface area contributed by atoms with Crippen molar-refractivity contribution in [1.29, 1.82) is 0 Å². The average molecular weight is 263 g/mol. The molecule has 1 rings (SSSR count). The van der Waals surface area contributed by atoms with Gasteiger partial charge in [-0.2, -0.15) is 0 Å². The minimum Gasteiger partial charge on any atom is -0.480 e. The molecule has 6 heteroatoms. The predicted molar refractivity (Wildman–Crippen MR) is 37.9 cm³/mol. The second-order valence-electron chi connectivity index (χ2n) is 2.23. The molecule has 0 saturated heterocycles. The van der Waals surface area contributed by atoms with Gasteiger partial charge in [0.1, 0.15) is 6.04 Å². The molecule has 12 heavy (non-hydrogen) atoms. The maximum absolute atomic E-state index is 10.3. The number of aromatic amines is 1. The summed E-state index contributed by atoms with van der Waals surface area (Å²) in [6, 6.07) is -0.851. The summed E-state index contributed by atoms with van der Waals surface area (Å²) in [5.74, 6) is -1.00. The summed E-state index contributed by atoms with van der Waals surface area (Å²) in [5.41, 5.74) is 6.00. The van der Waals surface area contributed by atoms with Gasteiger partial charge in [-0.15, -0.1) is 0 Å². The van der Waals surface area contributed by atoms with Gasteiger partial charge in [0.05, 0.1) is 6.33 Å². The van der Waals surface area contributed by atoms with Crippen molar-refractivity contribution in [2.24, 2.45) is 5.73 Å². The van der Waals surface area contributed by atoms with Gasteiger partial charge in [0.2, 0.25) is 0 Å². The largest absolute Gasteiger partial charge is 0.480 e. The van der Waals surface area contributed by atoms with Crippen molar-refractivity contribution >= 4 is 5.97 Å². The van der Waals surface area contributed by atoms with Crippen LogP contribution in [0.15, 0.2) is 12.5 Å². The van der Waals surface area contributed by atoms with E-state index in [9.17, 15) is 4.79 Å². The molecule has 1 unspecified atom stereocenters. The number of carboxylic acids is 1. The Morgan fingerprint density at radius 3 is 2.92 bits per heavy atom. The normalized spacial score (nSPS) is 11.8. The Morgan fingerprint density at radius 2 is 2.50 bits per heavy atom. The van der Waals surface area contributed by atoms with Crippen molar-refractivity contribution in [3.05, 3.63) is 18.2 Å². The first-order chi connectivity index (χ1) is 5.20. The Kier molecular flexibility index (Phi) is 4.84. The minimum absolute atomic E-state index is 0. The van der Waals surface area contributed by atoms with E-state index in [2.05, 4.69) is 9.97 Å². The molecule has 0 fully saturated rings. The van der Waals surface area contributed by atoms with Gasteiger partial charge in [-0.3, -0.25) is 4.79 Å². The number of nitrogens with one attached hydrogen (secondary N) is 1.